The van der Waals surface area contributed by atoms with Gasteiger partial charge in [-0.05, 0) is 58.6 Å². The first-order valence-corrected chi connectivity index (χ1v) is 11.8. The van der Waals surface area contributed by atoms with E-state index < -0.39 is 8.80 Å². The SMILES string of the molecule is CCO[Si](CCCN=C(C)CC(C)C)(OCC)OCC.[CH2]CCS. The van der Waals surface area contributed by atoms with Crippen molar-refractivity contribution in [1.29, 1.82) is 0 Å². The highest BCUT2D eigenvalue weighted by molar-refractivity contribution is 7.80. The minimum absolute atomic E-state index is 0.641. The van der Waals surface area contributed by atoms with Crippen molar-refractivity contribution in [2.24, 2.45) is 10.9 Å². The standard InChI is InChI=1S/C15H33NO3Si.C3H7S/c1-7-17-20(18-8-2,19-9-3)12-10-11-16-15(6)13-14(4)5;1-2-3-4/h14H,7-13H2,1-6H3;4H,1-3H2. The van der Waals surface area contributed by atoms with Crippen LogP contribution in [0.15, 0.2) is 4.99 Å². The number of aliphatic imine (C=N–C) groups is 1. The van der Waals surface area contributed by atoms with E-state index in [9.17, 15) is 0 Å². The van der Waals surface area contributed by atoms with Gasteiger partial charge in [0.1, 0.15) is 0 Å². The van der Waals surface area contributed by atoms with E-state index in [1.165, 1.54) is 5.71 Å². The Morgan fingerprint density at radius 2 is 1.54 bits per heavy atom. The predicted molar refractivity (Wildman–Crippen MR) is 111 cm³/mol. The van der Waals surface area contributed by atoms with Gasteiger partial charge in [0, 0.05) is 38.1 Å². The molecule has 24 heavy (non-hydrogen) atoms. The molecule has 4 nitrogen and oxygen atoms in total. The van der Waals surface area contributed by atoms with Crippen LogP contribution in [0.5, 0.6) is 0 Å². The Morgan fingerprint density at radius 3 is 1.88 bits per heavy atom. The lowest BCUT2D eigenvalue weighted by atomic mass is 10.1. The molecule has 0 aliphatic heterocycles. The Bertz CT molecular complexity index is 283. The Hall–Kier alpha value is 0.117. The largest absolute Gasteiger partial charge is 0.500 e. The molecule has 0 N–H and O–H groups in total. The topological polar surface area (TPSA) is 40.0 Å². The van der Waals surface area contributed by atoms with E-state index in [1.54, 1.807) is 0 Å². The smallest absolute Gasteiger partial charge is 0.374 e. The molecule has 0 unspecified atom stereocenters. The molecule has 0 heterocycles. The molecule has 0 aliphatic rings. The third-order valence-corrected chi connectivity index (χ3v) is 6.44. The zero-order chi connectivity index (χ0) is 18.8. The van der Waals surface area contributed by atoms with Crippen LogP contribution >= 0.6 is 12.6 Å². The lowest BCUT2D eigenvalue weighted by molar-refractivity contribution is 0.0710. The van der Waals surface area contributed by atoms with Crippen LogP contribution in [0.3, 0.4) is 0 Å². The first-order chi connectivity index (χ1) is 11.4. The van der Waals surface area contributed by atoms with Gasteiger partial charge in [-0.2, -0.15) is 12.6 Å². The number of thiol groups is 1. The second-order valence-corrected chi connectivity index (χ2v) is 9.06. The second kappa shape index (κ2) is 17.9. The van der Waals surface area contributed by atoms with E-state index >= 15 is 0 Å². The summed E-state index contributed by atoms with van der Waals surface area (Å²) < 4.78 is 17.5. The number of rotatable bonds is 13. The van der Waals surface area contributed by atoms with Crippen molar-refractivity contribution in [2.75, 3.05) is 32.1 Å². The summed E-state index contributed by atoms with van der Waals surface area (Å²) in [5.74, 6) is 1.57. The van der Waals surface area contributed by atoms with Crippen LogP contribution < -0.4 is 0 Å². The van der Waals surface area contributed by atoms with Gasteiger partial charge in [-0.1, -0.05) is 20.8 Å². The monoisotopic (exact) mass is 378 g/mol. The van der Waals surface area contributed by atoms with Crippen LogP contribution in [-0.2, 0) is 13.3 Å². The summed E-state index contributed by atoms with van der Waals surface area (Å²) in [6.45, 7) is 18.8. The normalized spacial score (nSPS) is 12.3. The van der Waals surface area contributed by atoms with Crippen LogP contribution in [-0.4, -0.2) is 46.6 Å². The Morgan fingerprint density at radius 1 is 1.08 bits per heavy atom. The van der Waals surface area contributed by atoms with Crippen molar-refractivity contribution in [3.8, 4) is 0 Å². The molecule has 0 saturated heterocycles. The van der Waals surface area contributed by atoms with Gasteiger partial charge >= 0.3 is 8.80 Å². The highest BCUT2D eigenvalue weighted by Crippen LogP contribution is 2.18. The highest BCUT2D eigenvalue weighted by atomic mass is 32.1. The molecule has 0 fully saturated rings. The molecule has 0 atom stereocenters. The maximum absolute atomic E-state index is 5.83. The van der Waals surface area contributed by atoms with Crippen LogP contribution in [0.2, 0.25) is 6.04 Å². The van der Waals surface area contributed by atoms with Crippen molar-refractivity contribution < 1.29 is 13.3 Å². The van der Waals surface area contributed by atoms with E-state index in [0.29, 0.717) is 25.7 Å². The van der Waals surface area contributed by atoms with Crippen LogP contribution in [0.1, 0.15) is 60.8 Å². The molecule has 0 rings (SSSR count). The molecule has 0 bridgehead atoms. The predicted octanol–water partition coefficient (Wildman–Crippen LogP) is 5.07. The maximum atomic E-state index is 5.83. The summed E-state index contributed by atoms with van der Waals surface area (Å²) in [6.07, 6.45) is 2.97. The first-order valence-electron chi connectivity index (χ1n) is 9.23. The van der Waals surface area contributed by atoms with Gasteiger partial charge in [0.2, 0.25) is 0 Å². The number of hydrogen-bond donors (Lipinski definition) is 1. The number of hydrogen-bond acceptors (Lipinski definition) is 5. The fraction of sp³-hybridized carbons (Fsp3) is 0.889. The zero-order valence-corrected chi connectivity index (χ0v) is 18.7. The summed E-state index contributed by atoms with van der Waals surface area (Å²) in [7, 11) is -2.47. The van der Waals surface area contributed by atoms with Gasteiger partial charge in [0.25, 0.3) is 0 Å². The molecular formula is C18H40NO3SSi. The number of nitrogens with zero attached hydrogens (tertiary/aromatic N) is 1. The van der Waals surface area contributed by atoms with Gasteiger partial charge in [-0.15, -0.1) is 0 Å². The summed E-state index contributed by atoms with van der Waals surface area (Å²) in [5, 5.41) is 0. The van der Waals surface area contributed by atoms with E-state index in [4.69, 9.17) is 13.3 Å². The third-order valence-electron chi connectivity index (χ3n) is 2.98. The Balaban J connectivity index is 0. The van der Waals surface area contributed by atoms with Gasteiger partial charge in [0.05, 0.1) is 0 Å². The minimum Gasteiger partial charge on any atom is -0.374 e. The Labute approximate surface area is 157 Å². The van der Waals surface area contributed by atoms with E-state index in [1.807, 2.05) is 20.8 Å². The van der Waals surface area contributed by atoms with Crippen molar-refractivity contribution >= 4 is 27.1 Å². The second-order valence-electron chi connectivity index (χ2n) is 5.88. The molecule has 1 radical (unpaired) electrons. The third kappa shape index (κ3) is 15.6. The fourth-order valence-electron chi connectivity index (χ4n) is 2.22. The summed E-state index contributed by atoms with van der Waals surface area (Å²) in [4.78, 5) is 4.62. The molecule has 0 aliphatic carbocycles. The van der Waals surface area contributed by atoms with Gasteiger partial charge in [0.15, 0.2) is 0 Å². The molecule has 0 amide bonds. The molecule has 0 saturated carbocycles. The fourth-order valence-corrected chi connectivity index (χ4v) is 4.82. The summed E-state index contributed by atoms with van der Waals surface area (Å²) in [6, 6.07) is 0.848. The Kier molecular flexibility index (Phi) is 19.7. The highest BCUT2D eigenvalue weighted by Gasteiger charge is 2.39. The maximum Gasteiger partial charge on any atom is 0.500 e. The molecule has 0 aromatic heterocycles. The average Bonchev–Trinajstić information content (AvgIpc) is 2.52. The molecule has 0 spiro atoms. The molecule has 0 aromatic rings. The van der Waals surface area contributed by atoms with Crippen LogP contribution in [0, 0.1) is 12.8 Å². The lowest BCUT2D eigenvalue weighted by Crippen LogP contribution is -2.46. The first kappa shape index (κ1) is 26.3. The summed E-state index contributed by atoms with van der Waals surface area (Å²) in [5.41, 5.74) is 1.23. The van der Waals surface area contributed by atoms with E-state index in [0.717, 1.165) is 37.6 Å². The van der Waals surface area contributed by atoms with Crippen molar-refractivity contribution in [3.63, 3.8) is 0 Å². The molecular weight excluding hydrogens is 338 g/mol. The van der Waals surface area contributed by atoms with E-state index in [2.05, 4.69) is 45.3 Å². The lowest BCUT2D eigenvalue weighted by Gasteiger charge is -2.28. The van der Waals surface area contributed by atoms with Crippen LogP contribution in [0.4, 0.5) is 0 Å². The van der Waals surface area contributed by atoms with Crippen molar-refractivity contribution in [3.05, 3.63) is 6.92 Å². The molecule has 6 heteroatoms. The zero-order valence-electron chi connectivity index (χ0n) is 16.8. The minimum atomic E-state index is -2.47. The van der Waals surface area contributed by atoms with Gasteiger partial charge < -0.3 is 13.3 Å². The molecule has 0 aromatic carbocycles. The van der Waals surface area contributed by atoms with E-state index in [-0.39, 0.29) is 0 Å². The van der Waals surface area contributed by atoms with Crippen molar-refractivity contribution in [1.82, 2.24) is 0 Å². The van der Waals surface area contributed by atoms with Crippen molar-refractivity contribution in [2.45, 2.75) is 66.8 Å². The molecule has 145 valence electrons. The quantitative estimate of drug-likeness (QED) is 0.210. The average molecular weight is 379 g/mol. The van der Waals surface area contributed by atoms with Gasteiger partial charge in [-0.25, -0.2) is 0 Å². The van der Waals surface area contributed by atoms with Gasteiger partial charge in [-0.3, -0.25) is 4.99 Å². The van der Waals surface area contributed by atoms with Crippen LogP contribution in [0.25, 0.3) is 0 Å². The summed E-state index contributed by atoms with van der Waals surface area (Å²) >= 11 is 3.86.